The molecule has 58 valence electrons. The van der Waals surface area contributed by atoms with E-state index < -0.39 is 0 Å². The Kier molecular flexibility index (Phi) is 1.46. The molecule has 0 aromatic carbocycles. The summed E-state index contributed by atoms with van der Waals surface area (Å²) in [5.74, 6) is 0. The van der Waals surface area contributed by atoms with Crippen molar-refractivity contribution in [2.75, 3.05) is 13.1 Å². The third kappa shape index (κ3) is 0.789. The monoisotopic (exact) mass is 141 g/mol. The van der Waals surface area contributed by atoms with Crippen molar-refractivity contribution in [3.8, 4) is 0 Å². The van der Waals surface area contributed by atoms with Crippen molar-refractivity contribution in [2.45, 2.75) is 31.8 Å². The number of nitrogens with one attached hydrogen (secondary N) is 1. The number of aliphatic hydroxyl groups excluding tert-OH is 1. The largest absolute Gasteiger partial charge is 0.392 e. The molecule has 2 aliphatic rings. The van der Waals surface area contributed by atoms with Gasteiger partial charge in [0.2, 0.25) is 0 Å². The van der Waals surface area contributed by atoms with E-state index in [4.69, 9.17) is 0 Å². The van der Waals surface area contributed by atoms with Gasteiger partial charge in [-0.05, 0) is 25.8 Å². The normalized spacial score (nSPS) is 47.1. The van der Waals surface area contributed by atoms with Gasteiger partial charge < -0.3 is 10.4 Å². The first kappa shape index (κ1) is 6.62. The first-order valence-electron chi connectivity index (χ1n) is 4.22. The van der Waals surface area contributed by atoms with Crippen molar-refractivity contribution in [2.24, 2.45) is 5.41 Å². The summed E-state index contributed by atoms with van der Waals surface area (Å²) in [6.45, 7) is 2.16. The lowest BCUT2D eigenvalue weighted by Gasteiger charge is -2.25. The molecule has 10 heavy (non-hydrogen) atoms. The third-order valence-corrected chi connectivity index (χ3v) is 3.14. The highest BCUT2D eigenvalue weighted by Gasteiger charge is 2.43. The summed E-state index contributed by atoms with van der Waals surface area (Å²) >= 11 is 0. The fraction of sp³-hybridized carbons (Fsp3) is 1.00. The van der Waals surface area contributed by atoms with E-state index in [0.717, 1.165) is 19.5 Å². The van der Waals surface area contributed by atoms with Crippen molar-refractivity contribution in [1.82, 2.24) is 5.32 Å². The zero-order valence-corrected chi connectivity index (χ0v) is 6.27. The predicted octanol–water partition coefficient (Wildman–Crippen LogP) is 0.511. The minimum atomic E-state index is -0.0116. The molecule has 2 nitrogen and oxygen atoms in total. The van der Waals surface area contributed by atoms with E-state index in [-0.39, 0.29) is 6.10 Å². The maximum absolute atomic E-state index is 9.64. The van der Waals surface area contributed by atoms with Crippen molar-refractivity contribution >= 4 is 0 Å². The maximum Gasteiger partial charge on any atom is 0.0609 e. The van der Waals surface area contributed by atoms with Crippen LogP contribution in [0.1, 0.15) is 25.7 Å². The molecule has 2 N–H and O–H groups in total. The van der Waals surface area contributed by atoms with Crippen LogP contribution in [0.5, 0.6) is 0 Å². The molecule has 1 aliphatic carbocycles. The third-order valence-electron chi connectivity index (χ3n) is 3.14. The van der Waals surface area contributed by atoms with Crippen LogP contribution in [0.2, 0.25) is 0 Å². The molecule has 1 spiro atoms. The molecule has 2 fully saturated rings. The molecular formula is C8H15NO. The minimum Gasteiger partial charge on any atom is -0.392 e. The van der Waals surface area contributed by atoms with E-state index in [2.05, 4.69) is 5.32 Å². The fourth-order valence-corrected chi connectivity index (χ4v) is 2.38. The highest BCUT2D eigenvalue weighted by atomic mass is 16.3. The summed E-state index contributed by atoms with van der Waals surface area (Å²) in [5, 5.41) is 13.0. The molecule has 2 heteroatoms. The molecule has 1 heterocycles. The number of aliphatic hydroxyl groups is 1. The Bertz CT molecular complexity index is 124. The Balaban J connectivity index is 2.11. The van der Waals surface area contributed by atoms with Crippen LogP contribution in [0.25, 0.3) is 0 Å². The van der Waals surface area contributed by atoms with E-state index in [1.807, 2.05) is 0 Å². The Labute approximate surface area is 61.6 Å². The molecule has 2 unspecified atom stereocenters. The maximum atomic E-state index is 9.64. The van der Waals surface area contributed by atoms with Gasteiger partial charge in [0.25, 0.3) is 0 Å². The zero-order valence-electron chi connectivity index (χ0n) is 6.27. The second-order valence-electron chi connectivity index (χ2n) is 3.70. The van der Waals surface area contributed by atoms with Crippen molar-refractivity contribution in [3.63, 3.8) is 0 Å². The number of rotatable bonds is 0. The van der Waals surface area contributed by atoms with E-state index in [1.165, 1.54) is 19.3 Å². The van der Waals surface area contributed by atoms with Gasteiger partial charge in [-0.3, -0.25) is 0 Å². The van der Waals surface area contributed by atoms with Crippen molar-refractivity contribution in [1.29, 1.82) is 0 Å². The SMILES string of the molecule is OC1CCCC12CCNC2. The summed E-state index contributed by atoms with van der Waals surface area (Å²) in [5.41, 5.74) is 0.292. The second kappa shape index (κ2) is 2.21. The predicted molar refractivity (Wildman–Crippen MR) is 39.8 cm³/mol. The highest BCUT2D eigenvalue weighted by Crippen LogP contribution is 2.42. The summed E-state index contributed by atoms with van der Waals surface area (Å²) in [7, 11) is 0. The summed E-state index contributed by atoms with van der Waals surface area (Å²) in [6.07, 6.45) is 4.67. The summed E-state index contributed by atoms with van der Waals surface area (Å²) in [4.78, 5) is 0. The molecule has 1 saturated carbocycles. The van der Waals surface area contributed by atoms with Gasteiger partial charge in [-0.1, -0.05) is 6.42 Å². The van der Waals surface area contributed by atoms with Crippen LogP contribution >= 0.6 is 0 Å². The Morgan fingerprint density at radius 1 is 1.40 bits per heavy atom. The summed E-state index contributed by atoms with van der Waals surface area (Å²) < 4.78 is 0. The lowest BCUT2D eigenvalue weighted by Crippen LogP contribution is -2.31. The van der Waals surface area contributed by atoms with Crippen LogP contribution in [0.3, 0.4) is 0 Å². The Morgan fingerprint density at radius 3 is 2.80 bits per heavy atom. The van der Waals surface area contributed by atoms with Gasteiger partial charge >= 0.3 is 0 Å². The second-order valence-corrected chi connectivity index (χ2v) is 3.70. The lowest BCUT2D eigenvalue weighted by atomic mass is 9.83. The Hall–Kier alpha value is -0.0800. The molecule has 2 rings (SSSR count). The molecule has 2 atom stereocenters. The van der Waals surface area contributed by atoms with Crippen LogP contribution < -0.4 is 5.32 Å². The molecule has 0 amide bonds. The topological polar surface area (TPSA) is 32.3 Å². The van der Waals surface area contributed by atoms with Gasteiger partial charge in [0.1, 0.15) is 0 Å². The van der Waals surface area contributed by atoms with Crippen LogP contribution in [-0.4, -0.2) is 24.3 Å². The molecule has 0 radical (unpaired) electrons. The molecule has 1 aliphatic heterocycles. The van der Waals surface area contributed by atoms with Crippen LogP contribution in [0, 0.1) is 5.41 Å². The van der Waals surface area contributed by atoms with Crippen LogP contribution in [-0.2, 0) is 0 Å². The standard InChI is InChI=1S/C8H15NO/c10-7-2-1-3-8(7)4-5-9-6-8/h7,9-10H,1-6H2. The van der Waals surface area contributed by atoms with E-state index in [9.17, 15) is 5.11 Å². The Morgan fingerprint density at radius 2 is 2.30 bits per heavy atom. The summed E-state index contributed by atoms with van der Waals surface area (Å²) in [6, 6.07) is 0. The molecule has 1 saturated heterocycles. The van der Waals surface area contributed by atoms with Crippen molar-refractivity contribution in [3.05, 3.63) is 0 Å². The molecular weight excluding hydrogens is 126 g/mol. The highest BCUT2D eigenvalue weighted by molar-refractivity contribution is 4.97. The smallest absolute Gasteiger partial charge is 0.0609 e. The van der Waals surface area contributed by atoms with Gasteiger partial charge in [0.15, 0.2) is 0 Å². The van der Waals surface area contributed by atoms with Gasteiger partial charge in [-0.15, -0.1) is 0 Å². The van der Waals surface area contributed by atoms with Crippen molar-refractivity contribution < 1.29 is 5.11 Å². The minimum absolute atomic E-state index is 0.0116. The van der Waals surface area contributed by atoms with Crippen LogP contribution in [0.15, 0.2) is 0 Å². The van der Waals surface area contributed by atoms with Crippen LogP contribution in [0.4, 0.5) is 0 Å². The lowest BCUT2D eigenvalue weighted by molar-refractivity contribution is 0.0673. The zero-order chi connectivity index (χ0) is 7.03. The molecule has 0 bridgehead atoms. The fourth-order valence-electron chi connectivity index (χ4n) is 2.38. The molecule has 0 aromatic rings. The van der Waals surface area contributed by atoms with Gasteiger partial charge in [0.05, 0.1) is 6.10 Å². The molecule has 0 aromatic heterocycles. The quantitative estimate of drug-likeness (QED) is 0.515. The number of hydrogen-bond donors (Lipinski definition) is 2. The average molecular weight is 141 g/mol. The first-order valence-corrected chi connectivity index (χ1v) is 4.22. The van der Waals surface area contributed by atoms with Gasteiger partial charge in [0, 0.05) is 12.0 Å². The van der Waals surface area contributed by atoms with E-state index in [0.29, 0.717) is 5.41 Å². The average Bonchev–Trinajstić information content (AvgIpc) is 2.48. The van der Waals surface area contributed by atoms with Gasteiger partial charge in [-0.2, -0.15) is 0 Å². The first-order chi connectivity index (χ1) is 4.83. The number of hydrogen-bond acceptors (Lipinski definition) is 2. The van der Waals surface area contributed by atoms with Gasteiger partial charge in [-0.25, -0.2) is 0 Å². The van der Waals surface area contributed by atoms with E-state index in [1.54, 1.807) is 0 Å². The van der Waals surface area contributed by atoms with E-state index >= 15 is 0 Å².